The molecule has 7 aromatic rings. The molecule has 40 heavy (non-hydrogen) atoms. The average Bonchev–Trinajstić information content (AvgIpc) is 3.32. The number of fused-ring (bicyclic) bond motifs is 7. The van der Waals surface area contributed by atoms with E-state index in [4.69, 9.17) is 10.5 Å². The third-order valence-corrected chi connectivity index (χ3v) is 7.83. The van der Waals surface area contributed by atoms with Gasteiger partial charge in [-0.15, -0.1) is 0 Å². The van der Waals surface area contributed by atoms with Crippen LogP contribution in [0.5, 0.6) is 0 Å². The van der Waals surface area contributed by atoms with E-state index in [2.05, 4.69) is 101 Å². The largest absolute Gasteiger partial charge is 0.309 e. The maximum atomic E-state index is 8.66. The molecule has 0 spiro atoms. The van der Waals surface area contributed by atoms with Gasteiger partial charge >= 0.3 is 0 Å². The smallest absolute Gasteiger partial charge is 0.117 e. The molecule has 0 fully saturated rings. The fraction of sp³-hybridized carbons (Fsp3) is 0. The van der Waals surface area contributed by atoms with Crippen molar-refractivity contribution >= 4 is 66.5 Å². The molecule has 1 aliphatic rings. The second-order valence-electron chi connectivity index (χ2n) is 10.2. The average molecular weight is 513 g/mol. The molecule has 1 heterocycles. The Hall–Kier alpha value is -5.48. The van der Waals surface area contributed by atoms with E-state index in [-0.39, 0.29) is 0 Å². The molecule has 8 rings (SSSR count). The highest BCUT2D eigenvalue weighted by Gasteiger charge is 2.20. The SMILES string of the molecule is N=C1C=Cc2ccc3cc(-n4c5ccccc5c5cc6ccccc6cc54)ccc3c2/C1=N/Nc1ccccc1. The summed E-state index contributed by atoms with van der Waals surface area (Å²) < 4.78 is 2.36. The summed E-state index contributed by atoms with van der Waals surface area (Å²) in [6.45, 7) is 0. The van der Waals surface area contributed by atoms with E-state index < -0.39 is 0 Å². The molecule has 0 bridgehead atoms. The Kier molecular flexibility index (Phi) is 4.94. The first-order valence-electron chi connectivity index (χ1n) is 13.4. The van der Waals surface area contributed by atoms with Gasteiger partial charge in [-0.1, -0.05) is 84.9 Å². The van der Waals surface area contributed by atoms with E-state index >= 15 is 0 Å². The highest BCUT2D eigenvalue weighted by molar-refractivity contribution is 6.55. The summed E-state index contributed by atoms with van der Waals surface area (Å²) in [4.78, 5) is 0. The van der Waals surface area contributed by atoms with Crippen molar-refractivity contribution in [3.05, 3.63) is 139 Å². The minimum Gasteiger partial charge on any atom is -0.309 e. The molecular weight excluding hydrogens is 488 g/mol. The molecule has 0 atom stereocenters. The number of para-hydroxylation sites is 2. The zero-order valence-electron chi connectivity index (χ0n) is 21.6. The van der Waals surface area contributed by atoms with Crippen LogP contribution in [-0.4, -0.2) is 16.0 Å². The van der Waals surface area contributed by atoms with Gasteiger partial charge in [-0.25, -0.2) is 0 Å². The van der Waals surface area contributed by atoms with Crippen LogP contribution in [0.3, 0.4) is 0 Å². The van der Waals surface area contributed by atoms with Gasteiger partial charge in [0.2, 0.25) is 0 Å². The van der Waals surface area contributed by atoms with Crippen LogP contribution in [0.15, 0.2) is 133 Å². The van der Waals surface area contributed by atoms with Crippen molar-refractivity contribution in [1.82, 2.24) is 4.57 Å². The van der Waals surface area contributed by atoms with E-state index in [0.717, 1.165) is 33.3 Å². The van der Waals surface area contributed by atoms with E-state index in [0.29, 0.717) is 11.4 Å². The van der Waals surface area contributed by atoms with Crippen LogP contribution >= 0.6 is 0 Å². The topological polar surface area (TPSA) is 53.2 Å². The highest BCUT2D eigenvalue weighted by atomic mass is 15.3. The lowest BCUT2D eigenvalue weighted by molar-refractivity contribution is 1.19. The standard InChI is InChI=1S/C36H24N4/c37-32-19-16-23-14-15-26-20-28(17-18-29(26)35(23)36(32)39-38-27-10-2-1-3-11-27)40-33-13-7-6-12-30(33)31-21-24-8-4-5-9-25(24)22-34(31)40/h1-22,37-38H/b37-32?,39-36+. The molecular formula is C36H24N4. The fourth-order valence-electron chi connectivity index (χ4n) is 5.95. The van der Waals surface area contributed by atoms with Crippen LogP contribution in [0.25, 0.3) is 55.1 Å². The van der Waals surface area contributed by atoms with Crippen LogP contribution in [0, 0.1) is 5.41 Å². The van der Waals surface area contributed by atoms with Crippen LogP contribution in [0.2, 0.25) is 0 Å². The number of aromatic nitrogens is 1. The van der Waals surface area contributed by atoms with Gasteiger partial charge in [-0.3, -0.25) is 10.8 Å². The Morgan fingerprint density at radius 2 is 1.35 bits per heavy atom. The maximum Gasteiger partial charge on any atom is 0.117 e. The van der Waals surface area contributed by atoms with Gasteiger partial charge in [0.15, 0.2) is 0 Å². The Labute approximate surface area is 231 Å². The number of rotatable bonds is 3. The zero-order valence-corrected chi connectivity index (χ0v) is 21.6. The van der Waals surface area contributed by atoms with Crippen LogP contribution in [0.4, 0.5) is 5.69 Å². The zero-order chi connectivity index (χ0) is 26.6. The summed E-state index contributed by atoms with van der Waals surface area (Å²) in [6.07, 6.45) is 3.82. The Morgan fingerprint density at radius 3 is 2.23 bits per heavy atom. The molecule has 1 aliphatic carbocycles. The monoisotopic (exact) mass is 512 g/mol. The van der Waals surface area contributed by atoms with E-state index in [1.54, 1.807) is 0 Å². The molecule has 2 N–H and O–H groups in total. The molecule has 0 aliphatic heterocycles. The first kappa shape index (κ1) is 22.5. The lowest BCUT2D eigenvalue weighted by Gasteiger charge is -2.18. The number of hydrazone groups is 1. The summed E-state index contributed by atoms with van der Waals surface area (Å²) in [5.41, 5.74) is 10.6. The summed E-state index contributed by atoms with van der Waals surface area (Å²) in [5.74, 6) is 0. The molecule has 0 radical (unpaired) electrons. The van der Waals surface area contributed by atoms with Gasteiger partial charge in [0.05, 0.1) is 22.4 Å². The Morgan fingerprint density at radius 1 is 0.575 bits per heavy atom. The van der Waals surface area contributed by atoms with E-state index in [1.165, 1.54) is 32.6 Å². The van der Waals surface area contributed by atoms with E-state index in [1.807, 2.05) is 42.5 Å². The van der Waals surface area contributed by atoms with Crippen molar-refractivity contribution in [2.45, 2.75) is 0 Å². The van der Waals surface area contributed by atoms with Gasteiger partial charge in [0.25, 0.3) is 0 Å². The lowest BCUT2D eigenvalue weighted by atomic mass is 9.89. The Balaban J connectivity index is 1.34. The number of hydrogen-bond donors (Lipinski definition) is 2. The number of allylic oxidation sites excluding steroid dienone is 1. The lowest BCUT2D eigenvalue weighted by Crippen LogP contribution is -2.19. The van der Waals surface area contributed by atoms with Crippen molar-refractivity contribution in [2.75, 3.05) is 5.43 Å². The maximum absolute atomic E-state index is 8.66. The number of anilines is 1. The molecule has 0 saturated carbocycles. The van der Waals surface area contributed by atoms with Crippen LogP contribution < -0.4 is 5.43 Å². The third kappa shape index (κ3) is 3.47. The third-order valence-electron chi connectivity index (χ3n) is 7.83. The van der Waals surface area contributed by atoms with Crippen LogP contribution in [-0.2, 0) is 0 Å². The van der Waals surface area contributed by atoms with Gasteiger partial charge in [0.1, 0.15) is 5.71 Å². The number of nitrogens with one attached hydrogen (secondary N) is 2. The molecule has 0 unspecified atom stereocenters. The van der Waals surface area contributed by atoms with Crippen molar-refractivity contribution < 1.29 is 0 Å². The van der Waals surface area contributed by atoms with E-state index in [9.17, 15) is 0 Å². The first-order valence-corrected chi connectivity index (χ1v) is 13.4. The minimum absolute atomic E-state index is 0.391. The highest BCUT2D eigenvalue weighted by Crippen LogP contribution is 2.36. The molecule has 188 valence electrons. The van der Waals surface area contributed by atoms with Gasteiger partial charge in [-0.2, -0.15) is 5.10 Å². The second kappa shape index (κ2) is 8.79. The first-order chi connectivity index (χ1) is 19.7. The predicted molar refractivity (Wildman–Crippen MR) is 169 cm³/mol. The van der Waals surface area contributed by atoms with Gasteiger partial charge in [-0.05, 0) is 75.6 Å². The van der Waals surface area contributed by atoms with Crippen molar-refractivity contribution in [3.8, 4) is 5.69 Å². The number of benzene rings is 6. The molecule has 6 aromatic carbocycles. The molecule has 0 amide bonds. The number of nitrogens with zero attached hydrogens (tertiary/aromatic N) is 2. The molecule has 4 heteroatoms. The molecule has 0 saturated heterocycles. The summed E-state index contributed by atoms with van der Waals surface area (Å²) in [7, 11) is 0. The predicted octanol–water partition coefficient (Wildman–Crippen LogP) is 8.95. The van der Waals surface area contributed by atoms with Crippen molar-refractivity contribution in [2.24, 2.45) is 5.10 Å². The Bertz CT molecular complexity index is 2200. The molecule has 1 aromatic heterocycles. The summed E-state index contributed by atoms with van der Waals surface area (Å²) in [5, 5.41) is 20.5. The normalized spacial score (nSPS) is 14.0. The second-order valence-corrected chi connectivity index (χ2v) is 10.2. The quantitative estimate of drug-likeness (QED) is 0.228. The summed E-state index contributed by atoms with van der Waals surface area (Å²) in [6, 6.07) is 42.5. The van der Waals surface area contributed by atoms with Crippen LogP contribution in [0.1, 0.15) is 11.1 Å². The number of hydrogen-bond acceptors (Lipinski definition) is 3. The van der Waals surface area contributed by atoms with Gasteiger partial charge < -0.3 is 4.57 Å². The minimum atomic E-state index is 0.391. The van der Waals surface area contributed by atoms with Crippen molar-refractivity contribution in [3.63, 3.8) is 0 Å². The molecule has 4 nitrogen and oxygen atoms in total. The van der Waals surface area contributed by atoms with Gasteiger partial charge in [0, 0.05) is 22.0 Å². The van der Waals surface area contributed by atoms with Crippen molar-refractivity contribution in [1.29, 1.82) is 5.41 Å². The summed E-state index contributed by atoms with van der Waals surface area (Å²) >= 11 is 0. The fourth-order valence-corrected chi connectivity index (χ4v) is 5.95.